The van der Waals surface area contributed by atoms with E-state index in [2.05, 4.69) is 33.8 Å². The van der Waals surface area contributed by atoms with E-state index in [9.17, 15) is 0 Å². The first-order valence-corrected chi connectivity index (χ1v) is 5.51. The minimum absolute atomic E-state index is 0.628. The predicted octanol–water partition coefficient (Wildman–Crippen LogP) is 2.47. The maximum atomic E-state index is 5.40. The van der Waals surface area contributed by atoms with Crippen LogP contribution in [0.25, 0.3) is 0 Å². The van der Waals surface area contributed by atoms with Crippen molar-refractivity contribution >= 4 is 0 Å². The minimum atomic E-state index is 0.628. The SMILES string of the molecule is CCOCc1cncn1Cc1ccccc1. The molecule has 84 valence electrons. The number of aromatic nitrogens is 2. The second-order valence-electron chi connectivity index (χ2n) is 3.64. The molecule has 0 unspecified atom stereocenters. The lowest BCUT2D eigenvalue weighted by atomic mass is 10.2. The molecule has 0 bridgehead atoms. The molecule has 3 heteroatoms. The third kappa shape index (κ3) is 2.70. The van der Waals surface area contributed by atoms with Gasteiger partial charge >= 0.3 is 0 Å². The smallest absolute Gasteiger partial charge is 0.0952 e. The Morgan fingerprint density at radius 1 is 1.25 bits per heavy atom. The Morgan fingerprint density at radius 2 is 2.06 bits per heavy atom. The van der Waals surface area contributed by atoms with Crippen molar-refractivity contribution in [3.63, 3.8) is 0 Å². The van der Waals surface area contributed by atoms with E-state index in [4.69, 9.17) is 4.74 Å². The first-order chi connectivity index (χ1) is 7.90. The molecule has 0 aliphatic rings. The van der Waals surface area contributed by atoms with Gasteiger partial charge in [-0.2, -0.15) is 0 Å². The molecule has 1 heterocycles. The lowest BCUT2D eigenvalue weighted by molar-refractivity contribution is 0.129. The van der Waals surface area contributed by atoms with Crippen LogP contribution < -0.4 is 0 Å². The number of benzene rings is 1. The predicted molar refractivity (Wildman–Crippen MR) is 63.1 cm³/mol. The number of ether oxygens (including phenoxy) is 1. The Balaban J connectivity index is 2.07. The fraction of sp³-hybridized carbons (Fsp3) is 0.308. The Hall–Kier alpha value is -1.61. The van der Waals surface area contributed by atoms with Gasteiger partial charge in [0.1, 0.15) is 0 Å². The molecule has 0 saturated heterocycles. The summed E-state index contributed by atoms with van der Waals surface area (Å²) in [5, 5.41) is 0. The zero-order valence-electron chi connectivity index (χ0n) is 9.47. The summed E-state index contributed by atoms with van der Waals surface area (Å²) < 4.78 is 7.51. The average Bonchev–Trinajstić information content (AvgIpc) is 2.75. The molecule has 1 aromatic carbocycles. The summed E-state index contributed by atoms with van der Waals surface area (Å²) in [6.45, 7) is 4.21. The zero-order chi connectivity index (χ0) is 11.2. The summed E-state index contributed by atoms with van der Waals surface area (Å²) in [5.74, 6) is 0. The summed E-state index contributed by atoms with van der Waals surface area (Å²) in [4.78, 5) is 4.15. The van der Waals surface area contributed by atoms with Crippen LogP contribution in [0.5, 0.6) is 0 Å². The van der Waals surface area contributed by atoms with Crippen LogP contribution in [-0.4, -0.2) is 16.2 Å². The molecule has 0 fully saturated rings. The van der Waals surface area contributed by atoms with E-state index in [1.165, 1.54) is 5.56 Å². The topological polar surface area (TPSA) is 27.1 Å². The summed E-state index contributed by atoms with van der Waals surface area (Å²) in [6.07, 6.45) is 3.71. The van der Waals surface area contributed by atoms with Crippen molar-refractivity contribution in [1.29, 1.82) is 0 Å². The van der Waals surface area contributed by atoms with Gasteiger partial charge in [0.25, 0.3) is 0 Å². The van der Waals surface area contributed by atoms with Crippen molar-refractivity contribution in [2.45, 2.75) is 20.1 Å². The maximum absolute atomic E-state index is 5.40. The highest BCUT2D eigenvalue weighted by Gasteiger charge is 2.02. The van der Waals surface area contributed by atoms with Gasteiger partial charge in [-0.05, 0) is 12.5 Å². The van der Waals surface area contributed by atoms with Gasteiger partial charge in [-0.15, -0.1) is 0 Å². The highest BCUT2D eigenvalue weighted by atomic mass is 16.5. The molecule has 0 aliphatic heterocycles. The fourth-order valence-electron chi connectivity index (χ4n) is 1.60. The molecule has 0 saturated carbocycles. The lowest BCUT2D eigenvalue weighted by Crippen LogP contribution is -2.04. The van der Waals surface area contributed by atoms with Crippen LogP contribution in [0.1, 0.15) is 18.2 Å². The molecule has 0 spiro atoms. The molecule has 0 N–H and O–H groups in total. The van der Waals surface area contributed by atoms with E-state index in [-0.39, 0.29) is 0 Å². The molecule has 2 aromatic rings. The molecule has 0 amide bonds. The number of rotatable bonds is 5. The van der Waals surface area contributed by atoms with Gasteiger partial charge in [-0.25, -0.2) is 4.98 Å². The number of hydrogen-bond acceptors (Lipinski definition) is 2. The Kier molecular flexibility index (Phi) is 3.72. The van der Waals surface area contributed by atoms with Crippen LogP contribution in [0, 0.1) is 0 Å². The molecule has 0 aliphatic carbocycles. The fourth-order valence-corrected chi connectivity index (χ4v) is 1.60. The van der Waals surface area contributed by atoms with E-state index in [1.54, 1.807) is 0 Å². The Morgan fingerprint density at radius 3 is 2.81 bits per heavy atom. The lowest BCUT2D eigenvalue weighted by Gasteiger charge is -2.07. The largest absolute Gasteiger partial charge is 0.375 e. The Bertz CT molecular complexity index is 423. The van der Waals surface area contributed by atoms with Gasteiger partial charge in [0, 0.05) is 13.2 Å². The molecule has 3 nitrogen and oxygen atoms in total. The van der Waals surface area contributed by atoms with Crippen LogP contribution in [0.2, 0.25) is 0 Å². The molecular weight excluding hydrogens is 200 g/mol. The second kappa shape index (κ2) is 5.47. The first-order valence-electron chi connectivity index (χ1n) is 5.51. The van der Waals surface area contributed by atoms with Gasteiger partial charge in [0.2, 0.25) is 0 Å². The van der Waals surface area contributed by atoms with Crippen molar-refractivity contribution in [3.05, 3.63) is 54.1 Å². The molecule has 0 radical (unpaired) electrons. The number of hydrogen-bond donors (Lipinski definition) is 0. The second-order valence-corrected chi connectivity index (χ2v) is 3.64. The van der Waals surface area contributed by atoms with Crippen molar-refractivity contribution in [2.24, 2.45) is 0 Å². The standard InChI is InChI=1S/C13H16N2O/c1-2-16-10-13-8-14-11-15(13)9-12-6-4-3-5-7-12/h3-8,11H,2,9-10H2,1H3. The highest BCUT2D eigenvalue weighted by Crippen LogP contribution is 2.07. The zero-order valence-corrected chi connectivity index (χ0v) is 9.47. The molecule has 0 atom stereocenters. The average molecular weight is 216 g/mol. The van der Waals surface area contributed by atoms with Crippen LogP contribution >= 0.6 is 0 Å². The van der Waals surface area contributed by atoms with Crippen LogP contribution in [0.4, 0.5) is 0 Å². The van der Waals surface area contributed by atoms with Crippen molar-refractivity contribution < 1.29 is 4.74 Å². The van der Waals surface area contributed by atoms with E-state index in [0.717, 1.165) is 18.8 Å². The summed E-state index contributed by atoms with van der Waals surface area (Å²) >= 11 is 0. The van der Waals surface area contributed by atoms with Crippen LogP contribution in [-0.2, 0) is 17.9 Å². The third-order valence-electron chi connectivity index (χ3n) is 2.45. The normalized spacial score (nSPS) is 10.6. The van der Waals surface area contributed by atoms with E-state index in [0.29, 0.717) is 6.61 Å². The quantitative estimate of drug-likeness (QED) is 0.767. The minimum Gasteiger partial charge on any atom is -0.375 e. The highest BCUT2D eigenvalue weighted by molar-refractivity contribution is 5.16. The summed E-state index contributed by atoms with van der Waals surface area (Å²) in [6, 6.07) is 10.4. The van der Waals surface area contributed by atoms with E-state index >= 15 is 0 Å². The first kappa shape index (κ1) is 10.9. The maximum Gasteiger partial charge on any atom is 0.0952 e. The van der Waals surface area contributed by atoms with Crippen molar-refractivity contribution in [2.75, 3.05) is 6.61 Å². The van der Waals surface area contributed by atoms with Gasteiger partial charge in [-0.3, -0.25) is 0 Å². The summed E-state index contributed by atoms with van der Waals surface area (Å²) in [5.41, 5.74) is 2.39. The van der Waals surface area contributed by atoms with Crippen molar-refractivity contribution in [3.8, 4) is 0 Å². The van der Waals surface area contributed by atoms with Gasteiger partial charge in [0.15, 0.2) is 0 Å². The number of nitrogens with zero attached hydrogens (tertiary/aromatic N) is 2. The third-order valence-corrected chi connectivity index (χ3v) is 2.45. The molecule has 16 heavy (non-hydrogen) atoms. The summed E-state index contributed by atoms with van der Waals surface area (Å²) in [7, 11) is 0. The Labute approximate surface area is 95.7 Å². The molecular formula is C13H16N2O. The van der Waals surface area contributed by atoms with Gasteiger partial charge < -0.3 is 9.30 Å². The van der Waals surface area contributed by atoms with E-state index < -0.39 is 0 Å². The monoisotopic (exact) mass is 216 g/mol. The van der Waals surface area contributed by atoms with E-state index in [1.807, 2.05) is 25.5 Å². The van der Waals surface area contributed by atoms with Gasteiger partial charge in [-0.1, -0.05) is 30.3 Å². The number of imidazole rings is 1. The van der Waals surface area contributed by atoms with Crippen molar-refractivity contribution in [1.82, 2.24) is 9.55 Å². The van der Waals surface area contributed by atoms with Crippen LogP contribution in [0.15, 0.2) is 42.9 Å². The molecule has 2 rings (SSSR count). The molecule has 1 aromatic heterocycles. The van der Waals surface area contributed by atoms with Gasteiger partial charge in [0.05, 0.1) is 24.8 Å². The van der Waals surface area contributed by atoms with Crippen LogP contribution in [0.3, 0.4) is 0 Å².